The lowest BCUT2D eigenvalue weighted by atomic mass is 9.91. The van der Waals surface area contributed by atoms with Gasteiger partial charge in [-0.25, -0.2) is 0 Å². The molecule has 0 bridgehead atoms. The van der Waals surface area contributed by atoms with Gasteiger partial charge in [0.05, 0.1) is 5.69 Å². The lowest BCUT2D eigenvalue weighted by molar-refractivity contribution is 0.164. The van der Waals surface area contributed by atoms with Gasteiger partial charge in [0.2, 0.25) is 0 Å². The first-order valence-corrected chi connectivity index (χ1v) is 6.13. The van der Waals surface area contributed by atoms with Crippen LogP contribution in [0.2, 0.25) is 0 Å². The van der Waals surface area contributed by atoms with Crippen molar-refractivity contribution >= 4 is 0 Å². The second kappa shape index (κ2) is 5.41. The van der Waals surface area contributed by atoms with Crippen molar-refractivity contribution in [2.24, 2.45) is 11.7 Å². The van der Waals surface area contributed by atoms with E-state index in [1.165, 1.54) is 18.5 Å². The minimum Gasteiger partial charge on any atom is -0.328 e. The first-order chi connectivity index (χ1) is 7.75. The summed E-state index contributed by atoms with van der Waals surface area (Å²) >= 11 is 0. The Morgan fingerprint density at radius 3 is 2.75 bits per heavy atom. The highest BCUT2D eigenvalue weighted by Gasteiger charge is 2.21. The predicted molar refractivity (Wildman–Crippen MR) is 65.9 cm³/mol. The predicted octanol–water partition coefficient (Wildman–Crippen LogP) is 1.64. The third-order valence-corrected chi connectivity index (χ3v) is 3.49. The summed E-state index contributed by atoms with van der Waals surface area (Å²) in [5, 5.41) is 0. The zero-order chi connectivity index (χ0) is 11.4. The van der Waals surface area contributed by atoms with Crippen molar-refractivity contribution < 1.29 is 0 Å². The van der Waals surface area contributed by atoms with Crippen molar-refractivity contribution in [3.8, 4) is 0 Å². The largest absolute Gasteiger partial charge is 0.328 e. The van der Waals surface area contributed by atoms with Crippen LogP contribution in [0.5, 0.6) is 0 Å². The van der Waals surface area contributed by atoms with Crippen LogP contribution in [0.25, 0.3) is 0 Å². The van der Waals surface area contributed by atoms with Crippen LogP contribution >= 0.6 is 0 Å². The zero-order valence-corrected chi connectivity index (χ0v) is 9.97. The van der Waals surface area contributed by atoms with Crippen LogP contribution in [-0.4, -0.2) is 29.0 Å². The van der Waals surface area contributed by atoms with E-state index in [9.17, 15) is 0 Å². The van der Waals surface area contributed by atoms with Gasteiger partial charge in [-0.1, -0.05) is 6.07 Å². The van der Waals surface area contributed by atoms with Gasteiger partial charge in [0.15, 0.2) is 0 Å². The van der Waals surface area contributed by atoms with Crippen LogP contribution in [0, 0.1) is 5.92 Å². The van der Waals surface area contributed by atoms with Crippen molar-refractivity contribution in [1.82, 2.24) is 9.88 Å². The van der Waals surface area contributed by atoms with Crippen molar-refractivity contribution in [1.29, 1.82) is 0 Å². The van der Waals surface area contributed by atoms with Gasteiger partial charge < -0.3 is 5.73 Å². The molecule has 16 heavy (non-hydrogen) atoms. The SMILES string of the molecule is CC(N)C1CCN(Cc2ccccn2)CC1. The van der Waals surface area contributed by atoms with Crippen molar-refractivity contribution in [3.63, 3.8) is 0 Å². The molecule has 1 saturated heterocycles. The van der Waals surface area contributed by atoms with E-state index in [0.29, 0.717) is 12.0 Å². The molecule has 3 heteroatoms. The van der Waals surface area contributed by atoms with Gasteiger partial charge in [-0.2, -0.15) is 0 Å². The maximum Gasteiger partial charge on any atom is 0.0543 e. The summed E-state index contributed by atoms with van der Waals surface area (Å²) in [7, 11) is 0. The van der Waals surface area contributed by atoms with Crippen LogP contribution in [0.3, 0.4) is 0 Å². The molecule has 1 aromatic rings. The molecule has 1 atom stereocenters. The number of nitrogens with two attached hydrogens (primary N) is 1. The smallest absolute Gasteiger partial charge is 0.0543 e. The molecule has 1 unspecified atom stereocenters. The minimum absolute atomic E-state index is 0.344. The van der Waals surface area contributed by atoms with Gasteiger partial charge in [-0.3, -0.25) is 9.88 Å². The van der Waals surface area contributed by atoms with Crippen LogP contribution in [0.1, 0.15) is 25.5 Å². The summed E-state index contributed by atoms with van der Waals surface area (Å²) in [6.45, 7) is 5.41. The summed E-state index contributed by atoms with van der Waals surface area (Å²) in [6.07, 6.45) is 4.32. The molecule has 1 fully saturated rings. The first kappa shape index (κ1) is 11.6. The van der Waals surface area contributed by atoms with Crippen LogP contribution in [-0.2, 0) is 6.54 Å². The summed E-state index contributed by atoms with van der Waals surface area (Å²) < 4.78 is 0. The van der Waals surface area contributed by atoms with Gasteiger partial charge in [0.25, 0.3) is 0 Å². The molecule has 1 aliphatic heterocycles. The molecule has 2 rings (SSSR count). The van der Waals surface area contributed by atoms with Crippen molar-refractivity contribution in [2.45, 2.75) is 32.4 Å². The summed E-state index contributed by atoms with van der Waals surface area (Å²) in [4.78, 5) is 6.83. The second-order valence-corrected chi connectivity index (χ2v) is 4.79. The van der Waals surface area contributed by atoms with Crippen LogP contribution < -0.4 is 5.73 Å². The van der Waals surface area contributed by atoms with Crippen LogP contribution in [0.15, 0.2) is 24.4 Å². The van der Waals surface area contributed by atoms with Gasteiger partial charge >= 0.3 is 0 Å². The molecule has 0 spiro atoms. The van der Waals surface area contributed by atoms with Gasteiger partial charge in [0, 0.05) is 18.8 Å². The number of aromatic nitrogens is 1. The Bertz CT molecular complexity index is 302. The summed E-state index contributed by atoms with van der Waals surface area (Å²) in [5.74, 6) is 0.708. The molecule has 0 radical (unpaired) electrons. The molecule has 0 aromatic carbocycles. The Morgan fingerprint density at radius 1 is 1.44 bits per heavy atom. The number of nitrogens with zero attached hydrogens (tertiary/aromatic N) is 2. The van der Waals surface area contributed by atoms with Crippen LogP contribution in [0.4, 0.5) is 0 Å². The number of pyridine rings is 1. The highest BCUT2D eigenvalue weighted by molar-refractivity contribution is 5.03. The van der Waals surface area contributed by atoms with Gasteiger partial charge in [0.1, 0.15) is 0 Å². The fourth-order valence-corrected chi connectivity index (χ4v) is 2.36. The van der Waals surface area contributed by atoms with E-state index >= 15 is 0 Å². The maximum atomic E-state index is 5.93. The van der Waals surface area contributed by atoms with E-state index in [2.05, 4.69) is 28.9 Å². The van der Waals surface area contributed by atoms with Crippen molar-refractivity contribution in [2.75, 3.05) is 13.1 Å². The molecule has 2 heterocycles. The lowest BCUT2D eigenvalue weighted by Crippen LogP contribution is -2.39. The molecule has 0 aliphatic carbocycles. The monoisotopic (exact) mass is 219 g/mol. The highest BCUT2D eigenvalue weighted by atomic mass is 15.1. The molecule has 88 valence electrons. The van der Waals surface area contributed by atoms with E-state index in [1.807, 2.05) is 12.3 Å². The first-order valence-electron chi connectivity index (χ1n) is 6.13. The number of hydrogen-bond acceptors (Lipinski definition) is 3. The minimum atomic E-state index is 0.344. The summed E-state index contributed by atoms with van der Waals surface area (Å²) in [6, 6.07) is 6.46. The topological polar surface area (TPSA) is 42.1 Å². The Kier molecular flexibility index (Phi) is 3.91. The van der Waals surface area contributed by atoms with Crippen molar-refractivity contribution in [3.05, 3.63) is 30.1 Å². The molecule has 0 amide bonds. The van der Waals surface area contributed by atoms with E-state index in [4.69, 9.17) is 5.73 Å². The van der Waals surface area contributed by atoms with E-state index in [1.54, 1.807) is 0 Å². The molecule has 2 N–H and O–H groups in total. The third kappa shape index (κ3) is 3.03. The quantitative estimate of drug-likeness (QED) is 0.840. The Labute approximate surface area is 97.7 Å². The number of piperidine rings is 1. The molecule has 3 nitrogen and oxygen atoms in total. The average molecular weight is 219 g/mol. The second-order valence-electron chi connectivity index (χ2n) is 4.79. The standard InChI is InChI=1S/C13H21N3/c1-11(14)12-5-8-16(9-6-12)10-13-4-2-3-7-15-13/h2-4,7,11-12H,5-6,8-10,14H2,1H3. The highest BCUT2D eigenvalue weighted by Crippen LogP contribution is 2.20. The van der Waals surface area contributed by atoms with E-state index < -0.39 is 0 Å². The Balaban J connectivity index is 1.82. The van der Waals surface area contributed by atoms with E-state index in [-0.39, 0.29) is 0 Å². The number of hydrogen-bond donors (Lipinski definition) is 1. The molecule has 0 saturated carbocycles. The van der Waals surface area contributed by atoms with Gasteiger partial charge in [-0.05, 0) is 50.9 Å². The maximum absolute atomic E-state index is 5.93. The molecular weight excluding hydrogens is 198 g/mol. The number of rotatable bonds is 3. The lowest BCUT2D eigenvalue weighted by Gasteiger charge is -2.33. The molecule has 1 aliphatic rings. The normalized spacial score (nSPS) is 20.9. The Morgan fingerprint density at radius 2 is 2.19 bits per heavy atom. The molecular formula is C13H21N3. The fourth-order valence-electron chi connectivity index (χ4n) is 2.36. The van der Waals surface area contributed by atoms with Gasteiger partial charge in [-0.15, -0.1) is 0 Å². The fraction of sp³-hybridized carbons (Fsp3) is 0.615. The Hall–Kier alpha value is -0.930. The number of likely N-dealkylation sites (tertiary alicyclic amines) is 1. The zero-order valence-electron chi connectivity index (χ0n) is 9.97. The average Bonchev–Trinajstić information content (AvgIpc) is 2.31. The summed E-state index contributed by atoms with van der Waals surface area (Å²) in [5.41, 5.74) is 7.10. The molecule has 1 aromatic heterocycles. The third-order valence-electron chi connectivity index (χ3n) is 3.49. The van der Waals surface area contributed by atoms with E-state index in [0.717, 1.165) is 19.6 Å².